The SMILES string of the molecule is Cc1nc(CN2CCC(CNC(=O)/C=C\c3ccco3)CC2)cs1. The number of likely N-dealkylation sites (tertiary alicyclic amines) is 1. The highest BCUT2D eigenvalue weighted by Crippen LogP contribution is 2.19. The zero-order valence-corrected chi connectivity index (χ0v) is 14.7. The zero-order valence-electron chi connectivity index (χ0n) is 13.9. The lowest BCUT2D eigenvalue weighted by Gasteiger charge is -2.31. The molecule has 5 nitrogen and oxygen atoms in total. The third-order valence-electron chi connectivity index (χ3n) is 4.27. The molecule has 1 N–H and O–H groups in total. The van der Waals surface area contributed by atoms with Gasteiger partial charge in [-0.2, -0.15) is 0 Å². The molecule has 1 amide bonds. The van der Waals surface area contributed by atoms with Crippen LogP contribution in [0.2, 0.25) is 0 Å². The van der Waals surface area contributed by atoms with E-state index in [2.05, 4.69) is 20.6 Å². The summed E-state index contributed by atoms with van der Waals surface area (Å²) in [6, 6.07) is 3.63. The van der Waals surface area contributed by atoms with Crippen LogP contribution in [0.4, 0.5) is 0 Å². The fraction of sp³-hybridized carbons (Fsp3) is 0.444. The first kappa shape index (κ1) is 16.9. The van der Waals surface area contributed by atoms with Gasteiger partial charge in [-0.15, -0.1) is 11.3 Å². The number of carbonyl (C=O) groups is 1. The van der Waals surface area contributed by atoms with Gasteiger partial charge in [0.1, 0.15) is 5.76 Å². The predicted octanol–water partition coefficient (Wildman–Crippen LogP) is 3.09. The van der Waals surface area contributed by atoms with Crippen LogP contribution < -0.4 is 5.32 Å². The van der Waals surface area contributed by atoms with Crippen LogP contribution in [-0.4, -0.2) is 35.4 Å². The van der Waals surface area contributed by atoms with Crippen LogP contribution in [0, 0.1) is 12.8 Å². The zero-order chi connectivity index (χ0) is 16.8. The van der Waals surface area contributed by atoms with Crippen molar-refractivity contribution in [2.45, 2.75) is 26.3 Å². The van der Waals surface area contributed by atoms with Crippen LogP contribution in [0.5, 0.6) is 0 Å². The fourth-order valence-electron chi connectivity index (χ4n) is 2.91. The summed E-state index contributed by atoms with van der Waals surface area (Å²) < 4.78 is 5.16. The minimum atomic E-state index is -0.0632. The van der Waals surface area contributed by atoms with Crippen LogP contribution >= 0.6 is 11.3 Å². The summed E-state index contributed by atoms with van der Waals surface area (Å²) in [6.07, 6.45) is 7.04. The van der Waals surface area contributed by atoms with E-state index in [1.54, 1.807) is 29.7 Å². The number of piperidine rings is 1. The normalized spacial score (nSPS) is 16.7. The average molecular weight is 345 g/mol. The molecule has 0 radical (unpaired) electrons. The van der Waals surface area contributed by atoms with Gasteiger partial charge < -0.3 is 9.73 Å². The molecule has 1 fully saturated rings. The number of furan rings is 1. The Morgan fingerprint density at radius 1 is 1.50 bits per heavy atom. The Balaban J connectivity index is 1.35. The molecule has 1 saturated heterocycles. The maximum atomic E-state index is 11.8. The number of nitrogens with zero attached hydrogens (tertiary/aromatic N) is 2. The highest BCUT2D eigenvalue weighted by molar-refractivity contribution is 7.09. The van der Waals surface area contributed by atoms with Gasteiger partial charge in [0.2, 0.25) is 5.91 Å². The van der Waals surface area contributed by atoms with Crippen molar-refractivity contribution in [3.63, 3.8) is 0 Å². The maximum absolute atomic E-state index is 11.8. The number of rotatable bonds is 6. The van der Waals surface area contributed by atoms with Gasteiger partial charge in [0.15, 0.2) is 0 Å². The van der Waals surface area contributed by atoms with Gasteiger partial charge >= 0.3 is 0 Å². The van der Waals surface area contributed by atoms with Gasteiger partial charge in [-0.1, -0.05) is 0 Å². The molecule has 128 valence electrons. The largest absolute Gasteiger partial charge is 0.465 e. The Morgan fingerprint density at radius 2 is 2.33 bits per heavy atom. The van der Waals surface area contributed by atoms with Crippen molar-refractivity contribution in [2.75, 3.05) is 19.6 Å². The lowest BCUT2D eigenvalue weighted by Crippen LogP contribution is -2.38. The summed E-state index contributed by atoms with van der Waals surface area (Å²) >= 11 is 1.71. The van der Waals surface area contributed by atoms with E-state index in [-0.39, 0.29) is 5.91 Å². The van der Waals surface area contributed by atoms with Crippen molar-refractivity contribution in [1.29, 1.82) is 0 Å². The van der Waals surface area contributed by atoms with E-state index in [4.69, 9.17) is 4.42 Å². The molecule has 0 aliphatic carbocycles. The van der Waals surface area contributed by atoms with E-state index < -0.39 is 0 Å². The van der Waals surface area contributed by atoms with Gasteiger partial charge in [-0.05, 0) is 57.0 Å². The van der Waals surface area contributed by atoms with Crippen LogP contribution in [0.25, 0.3) is 6.08 Å². The number of hydrogen-bond acceptors (Lipinski definition) is 5. The van der Waals surface area contributed by atoms with Crippen molar-refractivity contribution >= 4 is 23.3 Å². The van der Waals surface area contributed by atoms with Gasteiger partial charge in [0.05, 0.1) is 17.0 Å². The highest BCUT2D eigenvalue weighted by atomic mass is 32.1. The van der Waals surface area contributed by atoms with E-state index in [1.165, 1.54) is 11.8 Å². The van der Waals surface area contributed by atoms with Gasteiger partial charge in [0, 0.05) is 24.5 Å². The molecule has 0 atom stereocenters. The molecule has 3 heterocycles. The van der Waals surface area contributed by atoms with Gasteiger partial charge in [-0.3, -0.25) is 9.69 Å². The van der Waals surface area contributed by atoms with E-state index >= 15 is 0 Å². The number of aryl methyl sites for hydroxylation is 1. The van der Waals surface area contributed by atoms with Crippen molar-refractivity contribution in [3.05, 3.63) is 46.3 Å². The quantitative estimate of drug-likeness (QED) is 0.818. The Morgan fingerprint density at radius 3 is 3.00 bits per heavy atom. The number of amides is 1. The first-order valence-corrected chi connectivity index (χ1v) is 9.20. The topological polar surface area (TPSA) is 58.4 Å². The van der Waals surface area contributed by atoms with Crippen molar-refractivity contribution in [2.24, 2.45) is 5.92 Å². The standard InChI is InChI=1S/C18H23N3O2S/c1-14-20-16(13-24-14)12-21-8-6-15(7-9-21)11-19-18(22)5-4-17-3-2-10-23-17/h2-5,10,13,15H,6-9,11-12H2,1H3,(H,19,22)/b5-4-. The summed E-state index contributed by atoms with van der Waals surface area (Å²) in [5.41, 5.74) is 1.17. The number of carbonyl (C=O) groups excluding carboxylic acids is 1. The Kier molecular flexibility index (Phi) is 5.82. The molecule has 6 heteroatoms. The van der Waals surface area contributed by atoms with E-state index in [9.17, 15) is 4.79 Å². The van der Waals surface area contributed by atoms with Crippen molar-refractivity contribution < 1.29 is 9.21 Å². The first-order valence-electron chi connectivity index (χ1n) is 8.32. The van der Waals surface area contributed by atoms with Crippen LogP contribution in [0.15, 0.2) is 34.3 Å². The summed E-state index contributed by atoms with van der Waals surface area (Å²) in [6.45, 7) is 5.86. The Labute approximate surface area is 146 Å². The lowest BCUT2D eigenvalue weighted by molar-refractivity contribution is -0.116. The molecule has 0 spiro atoms. The molecule has 1 aliphatic heterocycles. The second-order valence-corrected chi connectivity index (χ2v) is 7.23. The Hall–Kier alpha value is -1.92. The smallest absolute Gasteiger partial charge is 0.244 e. The molecule has 1 aliphatic rings. The lowest BCUT2D eigenvalue weighted by atomic mass is 9.96. The van der Waals surface area contributed by atoms with E-state index in [0.29, 0.717) is 11.7 Å². The molecule has 0 unspecified atom stereocenters. The summed E-state index contributed by atoms with van der Waals surface area (Å²) in [7, 11) is 0. The monoisotopic (exact) mass is 345 g/mol. The molecule has 0 saturated carbocycles. The van der Waals surface area contributed by atoms with Crippen LogP contribution in [0.1, 0.15) is 29.3 Å². The van der Waals surface area contributed by atoms with Crippen molar-refractivity contribution in [3.8, 4) is 0 Å². The van der Waals surface area contributed by atoms with Gasteiger partial charge in [0.25, 0.3) is 0 Å². The summed E-state index contributed by atoms with van der Waals surface area (Å²) in [5, 5.41) is 6.26. The third-order valence-corrected chi connectivity index (χ3v) is 5.09. The second-order valence-electron chi connectivity index (χ2n) is 6.17. The molecule has 3 rings (SSSR count). The third kappa shape index (κ3) is 5.04. The van der Waals surface area contributed by atoms with E-state index in [1.807, 2.05) is 13.0 Å². The van der Waals surface area contributed by atoms with Gasteiger partial charge in [-0.25, -0.2) is 4.98 Å². The molecule has 0 aromatic carbocycles. The van der Waals surface area contributed by atoms with Crippen LogP contribution in [-0.2, 0) is 11.3 Å². The minimum Gasteiger partial charge on any atom is -0.465 e. The molecule has 24 heavy (non-hydrogen) atoms. The first-order chi connectivity index (χ1) is 11.7. The molecular weight excluding hydrogens is 322 g/mol. The molecule has 0 bridgehead atoms. The molecular formula is C18H23N3O2S. The second kappa shape index (κ2) is 8.26. The maximum Gasteiger partial charge on any atom is 0.244 e. The van der Waals surface area contributed by atoms with Crippen molar-refractivity contribution in [1.82, 2.24) is 15.2 Å². The summed E-state index contributed by atoms with van der Waals surface area (Å²) in [4.78, 5) is 18.8. The average Bonchev–Trinajstić information content (AvgIpc) is 3.24. The predicted molar refractivity (Wildman–Crippen MR) is 95.6 cm³/mol. The molecule has 2 aromatic rings. The summed E-state index contributed by atoms with van der Waals surface area (Å²) in [5.74, 6) is 1.18. The minimum absolute atomic E-state index is 0.0632. The van der Waals surface area contributed by atoms with Crippen LogP contribution in [0.3, 0.4) is 0 Å². The molecule has 2 aromatic heterocycles. The van der Waals surface area contributed by atoms with E-state index in [0.717, 1.165) is 44.0 Å². The number of hydrogen-bond donors (Lipinski definition) is 1. The number of nitrogens with one attached hydrogen (secondary N) is 1. The number of thiazole rings is 1. The number of aromatic nitrogens is 1. The highest BCUT2D eigenvalue weighted by Gasteiger charge is 2.20. The Bertz CT molecular complexity index is 670. The fourth-order valence-corrected chi connectivity index (χ4v) is 3.51.